The van der Waals surface area contributed by atoms with Crippen molar-refractivity contribution in [2.45, 2.75) is 70.9 Å². The molecule has 4 N–H and O–H groups in total. The Labute approximate surface area is 201 Å². The highest BCUT2D eigenvalue weighted by Crippen LogP contribution is 2.31. The first kappa shape index (κ1) is 25.7. The number of fused-ring (bicyclic) bond motifs is 1. The molecule has 0 radical (unpaired) electrons. The number of rotatable bonds is 11. The fourth-order valence-electron chi connectivity index (χ4n) is 4.89. The molecule has 1 aromatic carbocycles. The monoisotopic (exact) mass is 470 g/mol. The standard InChI is InChI=1S/C26H38N4O4/c1-17(2)29-25(32)23(18-9-5-4-6-10-18)30(14-8-7-13-27)26(33)24(31)21-16-28-22-15-19(34-3)11-12-20(21)22/h11-12,15-18,23,28H,4-10,13-14,27H2,1-3H3,(H,29,32). The zero-order chi connectivity index (χ0) is 24.7. The molecule has 1 heterocycles. The molecule has 2 aromatic rings. The zero-order valence-electron chi connectivity index (χ0n) is 20.6. The Bertz CT molecular complexity index is 994. The van der Waals surface area contributed by atoms with Gasteiger partial charge >= 0.3 is 0 Å². The maximum atomic E-state index is 13.7. The number of amides is 2. The van der Waals surface area contributed by atoms with Gasteiger partial charge in [-0.2, -0.15) is 0 Å². The normalized spacial score (nSPS) is 15.3. The molecule has 0 aliphatic heterocycles. The van der Waals surface area contributed by atoms with Crippen LogP contribution in [-0.4, -0.2) is 59.8 Å². The number of nitrogens with zero attached hydrogens (tertiary/aromatic N) is 1. The van der Waals surface area contributed by atoms with E-state index in [2.05, 4.69) is 10.3 Å². The summed E-state index contributed by atoms with van der Waals surface area (Å²) in [4.78, 5) is 45.1. The molecule has 34 heavy (non-hydrogen) atoms. The lowest BCUT2D eigenvalue weighted by atomic mass is 9.82. The van der Waals surface area contributed by atoms with Crippen molar-refractivity contribution in [3.63, 3.8) is 0 Å². The van der Waals surface area contributed by atoms with Gasteiger partial charge in [0, 0.05) is 35.8 Å². The van der Waals surface area contributed by atoms with Crippen LogP contribution >= 0.6 is 0 Å². The summed E-state index contributed by atoms with van der Waals surface area (Å²) in [5.41, 5.74) is 6.71. The van der Waals surface area contributed by atoms with Gasteiger partial charge in [-0.15, -0.1) is 0 Å². The first-order chi connectivity index (χ1) is 16.4. The molecule has 1 unspecified atom stereocenters. The number of carbonyl (C=O) groups excluding carboxylic acids is 3. The van der Waals surface area contributed by atoms with Crippen LogP contribution in [0.25, 0.3) is 10.9 Å². The number of carbonyl (C=O) groups is 3. The van der Waals surface area contributed by atoms with Gasteiger partial charge in [-0.1, -0.05) is 19.3 Å². The highest BCUT2D eigenvalue weighted by molar-refractivity contribution is 6.45. The van der Waals surface area contributed by atoms with Gasteiger partial charge in [0.15, 0.2) is 0 Å². The number of aromatic amines is 1. The van der Waals surface area contributed by atoms with E-state index in [1.165, 1.54) is 4.90 Å². The summed E-state index contributed by atoms with van der Waals surface area (Å²) in [6, 6.07) is 4.60. The second kappa shape index (κ2) is 12.0. The van der Waals surface area contributed by atoms with Crippen molar-refractivity contribution in [3.8, 4) is 5.75 Å². The summed E-state index contributed by atoms with van der Waals surface area (Å²) in [6.07, 6.45) is 7.85. The van der Waals surface area contributed by atoms with E-state index >= 15 is 0 Å². The highest BCUT2D eigenvalue weighted by atomic mass is 16.5. The Kier molecular flexibility index (Phi) is 9.10. The number of ether oxygens (including phenoxy) is 1. The average Bonchev–Trinajstić information content (AvgIpc) is 3.26. The summed E-state index contributed by atoms with van der Waals surface area (Å²) >= 11 is 0. The van der Waals surface area contributed by atoms with Gasteiger partial charge in [0.2, 0.25) is 5.91 Å². The summed E-state index contributed by atoms with van der Waals surface area (Å²) in [5.74, 6) is -0.731. The minimum atomic E-state index is -0.665. The smallest absolute Gasteiger partial charge is 0.295 e. The van der Waals surface area contributed by atoms with Crippen molar-refractivity contribution in [2.24, 2.45) is 11.7 Å². The summed E-state index contributed by atoms with van der Waals surface area (Å²) in [6.45, 7) is 4.63. The maximum absolute atomic E-state index is 13.7. The van der Waals surface area contributed by atoms with Crippen molar-refractivity contribution < 1.29 is 19.1 Å². The van der Waals surface area contributed by atoms with E-state index in [-0.39, 0.29) is 17.9 Å². The Morgan fingerprint density at radius 1 is 1.18 bits per heavy atom. The number of nitrogens with one attached hydrogen (secondary N) is 2. The van der Waals surface area contributed by atoms with Crippen molar-refractivity contribution in [1.82, 2.24) is 15.2 Å². The number of ketones is 1. The largest absolute Gasteiger partial charge is 0.497 e. The van der Waals surface area contributed by atoms with Gasteiger partial charge in [-0.3, -0.25) is 14.4 Å². The Balaban J connectivity index is 1.95. The molecule has 0 spiro atoms. The molecule has 186 valence electrons. The fraction of sp³-hybridized carbons (Fsp3) is 0.577. The van der Waals surface area contributed by atoms with Crippen molar-refractivity contribution in [2.75, 3.05) is 20.2 Å². The van der Waals surface area contributed by atoms with Gasteiger partial charge in [0.1, 0.15) is 11.8 Å². The molecular weight excluding hydrogens is 432 g/mol. The maximum Gasteiger partial charge on any atom is 0.295 e. The predicted molar refractivity (Wildman–Crippen MR) is 133 cm³/mol. The molecule has 0 saturated heterocycles. The molecule has 8 heteroatoms. The Hall–Kier alpha value is -2.87. The molecule has 2 amide bonds. The lowest BCUT2D eigenvalue weighted by Crippen LogP contribution is -2.56. The van der Waals surface area contributed by atoms with E-state index in [9.17, 15) is 14.4 Å². The quantitative estimate of drug-likeness (QED) is 0.264. The van der Waals surface area contributed by atoms with E-state index in [4.69, 9.17) is 10.5 Å². The Morgan fingerprint density at radius 2 is 1.91 bits per heavy atom. The summed E-state index contributed by atoms with van der Waals surface area (Å²) < 4.78 is 5.25. The number of benzene rings is 1. The topological polar surface area (TPSA) is 118 Å². The van der Waals surface area contributed by atoms with Crippen LogP contribution in [-0.2, 0) is 9.59 Å². The van der Waals surface area contributed by atoms with E-state index in [0.717, 1.165) is 32.1 Å². The average molecular weight is 471 g/mol. The number of aromatic nitrogens is 1. The van der Waals surface area contributed by atoms with Crippen LogP contribution in [0.3, 0.4) is 0 Å². The minimum absolute atomic E-state index is 0.0364. The van der Waals surface area contributed by atoms with E-state index in [0.29, 0.717) is 48.1 Å². The number of nitrogens with two attached hydrogens (primary N) is 1. The molecule has 8 nitrogen and oxygen atoms in total. The van der Waals surface area contributed by atoms with E-state index in [1.54, 1.807) is 31.5 Å². The van der Waals surface area contributed by atoms with Crippen molar-refractivity contribution >= 4 is 28.5 Å². The SMILES string of the molecule is COc1ccc2c(C(=O)C(=O)N(CCCCN)C(C(=O)NC(C)C)C3CCCCC3)c[nH]c2c1. The molecule has 1 aliphatic rings. The van der Waals surface area contributed by atoms with E-state index in [1.807, 2.05) is 13.8 Å². The zero-order valence-corrected chi connectivity index (χ0v) is 20.6. The molecule has 1 aliphatic carbocycles. The first-order valence-electron chi connectivity index (χ1n) is 12.4. The van der Waals surface area contributed by atoms with Gasteiger partial charge in [-0.25, -0.2) is 0 Å². The van der Waals surface area contributed by atoms with Crippen LogP contribution in [0.15, 0.2) is 24.4 Å². The Morgan fingerprint density at radius 3 is 2.56 bits per heavy atom. The van der Waals surface area contributed by atoms with Crippen LogP contribution in [0.4, 0.5) is 0 Å². The number of hydrogen-bond donors (Lipinski definition) is 3. The second-order valence-electron chi connectivity index (χ2n) is 9.44. The number of Topliss-reactive ketones (excluding diaryl/α,β-unsaturated/α-hetero) is 1. The summed E-state index contributed by atoms with van der Waals surface area (Å²) in [7, 11) is 1.58. The highest BCUT2D eigenvalue weighted by Gasteiger charge is 2.39. The minimum Gasteiger partial charge on any atom is -0.497 e. The molecule has 3 rings (SSSR count). The van der Waals surface area contributed by atoms with Gasteiger partial charge in [0.05, 0.1) is 12.7 Å². The molecule has 0 bridgehead atoms. The lowest BCUT2D eigenvalue weighted by molar-refractivity contribution is -0.140. The van der Waals surface area contributed by atoms with Crippen LogP contribution in [0.5, 0.6) is 5.75 Å². The molecular formula is C26H38N4O4. The lowest BCUT2D eigenvalue weighted by Gasteiger charge is -2.38. The van der Waals surface area contributed by atoms with Crippen molar-refractivity contribution in [3.05, 3.63) is 30.0 Å². The van der Waals surface area contributed by atoms with Gasteiger partial charge in [-0.05, 0) is 64.1 Å². The third-order valence-corrected chi connectivity index (χ3v) is 6.57. The number of unbranched alkanes of at least 4 members (excludes halogenated alkanes) is 1. The molecule has 1 saturated carbocycles. The first-order valence-corrected chi connectivity index (χ1v) is 12.4. The number of hydrogen-bond acceptors (Lipinski definition) is 5. The molecule has 1 fully saturated rings. The number of methoxy groups -OCH3 is 1. The van der Waals surface area contributed by atoms with Crippen LogP contribution < -0.4 is 15.8 Å². The second-order valence-corrected chi connectivity index (χ2v) is 9.44. The fourth-order valence-corrected chi connectivity index (χ4v) is 4.89. The molecule has 1 aromatic heterocycles. The van der Waals surface area contributed by atoms with Gasteiger partial charge < -0.3 is 25.7 Å². The van der Waals surface area contributed by atoms with Crippen molar-refractivity contribution in [1.29, 1.82) is 0 Å². The van der Waals surface area contributed by atoms with Crippen LogP contribution in [0.1, 0.15) is 69.2 Å². The van der Waals surface area contributed by atoms with Crippen LogP contribution in [0, 0.1) is 5.92 Å². The van der Waals surface area contributed by atoms with E-state index < -0.39 is 17.7 Å². The third-order valence-electron chi connectivity index (χ3n) is 6.57. The predicted octanol–water partition coefficient (Wildman–Crippen LogP) is 3.40. The van der Waals surface area contributed by atoms with Gasteiger partial charge in [0.25, 0.3) is 11.7 Å². The van der Waals surface area contributed by atoms with Crippen LogP contribution in [0.2, 0.25) is 0 Å². The number of H-pyrrole nitrogens is 1. The molecule has 1 atom stereocenters. The summed E-state index contributed by atoms with van der Waals surface area (Å²) in [5, 5.41) is 3.65. The third kappa shape index (κ3) is 5.97.